The van der Waals surface area contributed by atoms with Crippen molar-refractivity contribution >= 4 is 27.7 Å². The highest BCUT2D eigenvalue weighted by Crippen LogP contribution is 2.25. The first kappa shape index (κ1) is 14.4. The second-order valence-electron chi connectivity index (χ2n) is 5.48. The number of aromatic nitrogens is 2. The van der Waals surface area contributed by atoms with Gasteiger partial charge in [-0.25, -0.2) is 9.97 Å². The van der Waals surface area contributed by atoms with Crippen molar-refractivity contribution < 1.29 is 9.59 Å². The van der Waals surface area contributed by atoms with Crippen LogP contribution in [0.25, 0.3) is 0 Å². The van der Waals surface area contributed by atoms with E-state index in [9.17, 15) is 9.59 Å². The third-order valence-electron chi connectivity index (χ3n) is 4.11. The molecule has 1 aliphatic heterocycles. The standard InChI is InChI=1S/C14H17BrN4O2/c15-10-7-16-12(17-8-10)9-18-5-6-19(14(21)13(18)20)11-3-1-2-4-11/h7-8,11H,1-6,9H2. The van der Waals surface area contributed by atoms with Gasteiger partial charge in [0.05, 0.1) is 11.0 Å². The summed E-state index contributed by atoms with van der Waals surface area (Å²) in [4.78, 5) is 36.1. The maximum atomic E-state index is 12.3. The summed E-state index contributed by atoms with van der Waals surface area (Å²) >= 11 is 3.27. The van der Waals surface area contributed by atoms with Gasteiger partial charge in [0.15, 0.2) is 0 Å². The molecule has 1 aromatic heterocycles. The van der Waals surface area contributed by atoms with Gasteiger partial charge in [0.1, 0.15) is 5.82 Å². The van der Waals surface area contributed by atoms with Gasteiger partial charge in [-0.1, -0.05) is 12.8 Å². The first-order valence-electron chi connectivity index (χ1n) is 7.21. The molecule has 0 atom stereocenters. The smallest absolute Gasteiger partial charge is 0.312 e. The van der Waals surface area contributed by atoms with E-state index >= 15 is 0 Å². The van der Waals surface area contributed by atoms with Crippen LogP contribution in [0.4, 0.5) is 0 Å². The lowest BCUT2D eigenvalue weighted by Crippen LogP contribution is -2.56. The zero-order valence-electron chi connectivity index (χ0n) is 11.7. The molecular weight excluding hydrogens is 336 g/mol. The lowest BCUT2D eigenvalue weighted by Gasteiger charge is -2.36. The van der Waals surface area contributed by atoms with Crippen molar-refractivity contribution in [1.82, 2.24) is 19.8 Å². The molecule has 0 aromatic carbocycles. The van der Waals surface area contributed by atoms with Crippen molar-refractivity contribution in [3.8, 4) is 0 Å². The Labute approximate surface area is 131 Å². The first-order valence-corrected chi connectivity index (χ1v) is 8.01. The summed E-state index contributed by atoms with van der Waals surface area (Å²) in [6.45, 7) is 1.46. The maximum absolute atomic E-state index is 12.3. The van der Waals surface area contributed by atoms with Gasteiger partial charge in [-0.05, 0) is 28.8 Å². The van der Waals surface area contributed by atoms with Gasteiger partial charge in [-0.15, -0.1) is 0 Å². The minimum atomic E-state index is -0.431. The van der Waals surface area contributed by atoms with Crippen LogP contribution in [0.15, 0.2) is 16.9 Å². The molecule has 2 fully saturated rings. The summed E-state index contributed by atoms with van der Waals surface area (Å²) in [5, 5.41) is 0. The Hall–Kier alpha value is -1.50. The van der Waals surface area contributed by atoms with E-state index in [0.29, 0.717) is 18.9 Å². The lowest BCUT2D eigenvalue weighted by atomic mass is 10.1. The lowest BCUT2D eigenvalue weighted by molar-refractivity contribution is -0.158. The fourth-order valence-corrected chi connectivity index (χ4v) is 3.20. The molecule has 7 heteroatoms. The third kappa shape index (κ3) is 3.07. The number of carbonyl (C=O) groups is 2. The van der Waals surface area contributed by atoms with E-state index in [1.54, 1.807) is 17.3 Å². The number of nitrogens with zero attached hydrogens (tertiary/aromatic N) is 4. The number of halogens is 1. The molecule has 6 nitrogen and oxygen atoms in total. The topological polar surface area (TPSA) is 66.4 Å². The second kappa shape index (κ2) is 6.09. The van der Waals surface area contributed by atoms with Crippen LogP contribution >= 0.6 is 15.9 Å². The summed E-state index contributed by atoms with van der Waals surface area (Å²) < 4.78 is 0.791. The second-order valence-corrected chi connectivity index (χ2v) is 6.40. The van der Waals surface area contributed by atoms with Crippen LogP contribution in [-0.4, -0.2) is 50.7 Å². The molecule has 1 saturated carbocycles. The van der Waals surface area contributed by atoms with Gasteiger partial charge < -0.3 is 9.80 Å². The summed E-state index contributed by atoms with van der Waals surface area (Å²) in [5.74, 6) is -0.251. The number of amides is 2. The molecule has 2 amide bonds. The third-order valence-corrected chi connectivity index (χ3v) is 4.52. The molecule has 0 radical (unpaired) electrons. The number of piperazine rings is 1. The predicted molar refractivity (Wildman–Crippen MR) is 79.1 cm³/mol. The van der Waals surface area contributed by atoms with Crippen LogP contribution in [0.1, 0.15) is 31.5 Å². The normalized spacial score (nSPS) is 20.4. The van der Waals surface area contributed by atoms with Crippen LogP contribution in [0.3, 0.4) is 0 Å². The van der Waals surface area contributed by atoms with Crippen molar-refractivity contribution in [3.05, 3.63) is 22.7 Å². The van der Waals surface area contributed by atoms with Gasteiger partial charge in [0, 0.05) is 31.5 Å². The monoisotopic (exact) mass is 352 g/mol. The van der Waals surface area contributed by atoms with Crippen molar-refractivity contribution in [2.45, 2.75) is 38.3 Å². The van der Waals surface area contributed by atoms with Crippen molar-refractivity contribution in [1.29, 1.82) is 0 Å². The Balaban J connectivity index is 1.65. The quantitative estimate of drug-likeness (QED) is 0.770. The van der Waals surface area contributed by atoms with Crippen LogP contribution in [0.5, 0.6) is 0 Å². The number of hydrogen-bond acceptors (Lipinski definition) is 4. The summed E-state index contributed by atoms with van der Waals surface area (Å²) in [6, 6.07) is 0.257. The summed E-state index contributed by atoms with van der Waals surface area (Å²) in [5.41, 5.74) is 0. The largest absolute Gasteiger partial charge is 0.330 e. The zero-order valence-corrected chi connectivity index (χ0v) is 13.3. The molecule has 0 unspecified atom stereocenters. The van der Waals surface area contributed by atoms with Crippen molar-refractivity contribution in [3.63, 3.8) is 0 Å². The van der Waals surface area contributed by atoms with E-state index in [2.05, 4.69) is 25.9 Å². The van der Waals surface area contributed by atoms with Gasteiger partial charge in [0.2, 0.25) is 0 Å². The van der Waals surface area contributed by atoms with Crippen LogP contribution in [0.2, 0.25) is 0 Å². The molecular formula is C14H17BrN4O2. The number of hydrogen-bond donors (Lipinski definition) is 0. The Bertz CT molecular complexity index is 542. The molecule has 1 aliphatic carbocycles. The van der Waals surface area contributed by atoms with Gasteiger partial charge in [-0.2, -0.15) is 0 Å². The average Bonchev–Trinajstić information content (AvgIpc) is 3.00. The van der Waals surface area contributed by atoms with Gasteiger partial charge >= 0.3 is 11.8 Å². The predicted octanol–water partition coefficient (Wildman–Crippen LogP) is 1.35. The highest BCUT2D eigenvalue weighted by Gasteiger charge is 2.37. The zero-order chi connectivity index (χ0) is 14.8. The van der Waals surface area contributed by atoms with E-state index < -0.39 is 5.91 Å². The Kier molecular flexibility index (Phi) is 4.19. The molecule has 0 spiro atoms. The first-order chi connectivity index (χ1) is 10.1. The molecule has 112 valence electrons. The average molecular weight is 353 g/mol. The molecule has 0 N–H and O–H groups in total. The van der Waals surface area contributed by atoms with Crippen LogP contribution < -0.4 is 0 Å². The molecule has 0 bridgehead atoms. The highest BCUT2D eigenvalue weighted by molar-refractivity contribution is 9.10. The fraction of sp³-hybridized carbons (Fsp3) is 0.571. The van der Waals surface area contributed by atoms with Crippen molar-refractivity contribution in [2.24, 2.45) is 0 Å². The molecule has 2 heterocycles. The van der Waals surface area contributed by atoms with Crippen LogP contribution in [-0.2, 0) is 16.1 Å². The Morgan fingerprint density at radius 1 is 1.10 bits per heavy atom. The molecule has 1 aromatic rings. The van der Waals surface area contributed by atoms with Gasteiger partial charge in [0.25, 0.3) is 0 Å². The van der Waals surface area contributed by atoms with Crippen molar-refractivity contribution in [2.75, 3.05) is 13.1 Å². The fourth-order valence-electron chi connectivity index (χ4n) is 3.00. The van der Waals surface area contributed by atoms with Gasteiger partial charge in [-0.3, -0.25) is 9.59 Å². The molecule has 3 rings (SSSR count). The van der Waals surface area contributed by atoms with E-state index in [0.717, 1.165) is 30.2 Å². The molecule has 21 heavy (non-hydrogen) atoms. The number of rotatable bonds is 3. The maximum Gasteiger partial charge on any atom is 0.312 e. The summed E-state index contributed by atoms with van der Waals surface area (Å²) in [6.07, 6.45) is 7.63. The van der Waals surface area contributed by atoms with Crippen LogP contribution in [0, 0.1) is 0 Å². The van der Waals surface area contributed by atoms with E-state index in [-0.39, 0.29) is 18.5 Å². The minimum absolute atomic E-state index is 0.257. The molecule has 1 saturated heterocycles. The Morgan fingerprint density at radius 3 is 2.43 bits per heavy atom. The Morgan fingerprint density at radius 2 is 1.76 bits per heavy atom. The minimum Gasteiger partial charge on any atom is -0.330 e. The van der Waals surface area contributed by atoms with E-state index in [1.807, 2.05) is 0 Å². The highest BCUT2D eigenvalue weighted by atomic mass is 79.9. The molecule has 2 aliphatic rings. The van der Waals surface area contributed by atoms with E-state index in [1.165, 1.54) is 4.90 Å². The summed E-state index contributed by atoms with van der Waals surface area (Å²) in [7, 11) is 0. The number of carbonyl (C=O) groups excluding carboxylic acids is 2. The SMILES string of the molecule is O=C1C(=O)N(C2CCCC2)CCN1Cc1ncc(Br)cn1. The van der Waals surface area contributed by atoms with E-state index in [4.69, 9.17) is 0 Å².